The summed E-state index contributed by atoms with van der Waals surface area (Å²) in [5.41, 5.74) is 1.93. The van der Waals surface area contributed by atoms with E-state index in [-0.39, 0.29) is 5.91 Å². The second kappa shape index (κ2) is 8.87. The Morgan fingerprint density at radius 1 is 1.12 bits per heavy atom. The monoisotopic (exact) mass is 386 g/mol. The molecule has 0 saturated carbocycles. The number of aromatic nitrogens is 3. The molecule has 1 amide bonds. The number of amides is 1. The highest BCUT2D eigenvalue weighted by Gasteiger charge is 2.11. The fraction of sp³-hybridized carbons (Fsp3) is 0.211. The van der Waals surface area contributed by atoms with Gasteiger partial charge in [0.1, 0.15) is 0 Å². The van der Waals surface area contributed by atoms with Crippen molar-refractivity contribution in [3.63, 3.8) is 0 Å². The van der Waals surface area contributed by atoms with Gasteiger partial charge in [0.05, 0.1) is 0 Å². The first-order valence-corrected chi connectivity index (χ1v) is 9.59. The first-order chi connectivity index (χ1) is 12.6. The van der Waals surface area contributed by atoms with E-state index < -0.39 is 0 Å². The molecule has 0 aliphatic rings. The normalized spacial score (nSPS) is 10.7. The molecule has 0 aliphatic carbocycles. The minimum Gasteiger partial charge on any atom is -0.352 e. The summed E-state index contributed by atoms with van der Waals surface area (Å²) in [6.45, 7) is 0.436. The highest BCUT2D eigenvalue weighted by Crippen LogP contribution is 2.22. The summed E-state index contributed by atoms with van der Waals surface area (Å²) in [7, 11) is 1.93. The summed E-state index contributed by atoms with van der Waals surface area (Å²) in [6, 6.07) is 17.4. The maximum Gasteiger partial charge on any atom is 0.221 e. The van der Waals surface area contributed by atoms with E-state index in [4.69, 9.17) is 11.6 Å². The van der Waals surface area contributed by atoms with Crippen molar-refractivity contribution in [3.8, 4) is 11.4 Å². The van der Waals surface area contributed by atoms with Crippen molar-refractivity contribution in [2.45, 2.75) is 18.1 Å². The largest absolute Gasteiger partial charge is 0.352 e. The van der Waals surface area contributed by atoms with Crippen LogP contribution >= 0.6 is 23.4 Å². The van der Waals surface area contributed by atoms with Crippen molar-refractivity contribution in [1.82, 2.24) is 20.1 Å². The van der Waals surface area contributed by atoms with E-state index in [1.165, 1.54) is 11.8 Å². The molecule has 3 rings (SSSR count). The van der Waals surface area contributed by atoms with Crippen LogP contribution in [0.3, 0.4) is 0 Å². The van der Waals surface area contributed by atoms with Gasteiger partial charge in [-0.3, -0.25) is 4.79 Å². The van der Waals surface area contributed by atoms with Crippen LogP contribution in [0.4, 0.5) is 0 Å². The van der Waals surface area contributed by atoms with E-state index in [1.807, 2.05) is 66.2 Å². The Balaban J connectivity index is 1.48. The molecule has 0 radical (unpaired) electrons. The molecule has 134 valence electrons. The first-order valence-electron chi connectivity index (χ1n) is 8.23. The third-order valence-electron chi connectivity index (χ3n) is 3.86. The lowest BCUT2D eigenvalue weighted by atomic mass is 10.2. The van der Waals surface area contributed by atoms with Crippen molar-refractivity contribution in [1.29, 1.82) is 0 Å². The average molecular weight is 387 g/mol. The SMILES string of the molecule is Cn1c(SCCC(=O)NCc2ccccc2Cl)nnc1-c1ccccc1. The van der Waals surface area contributed by atoms with Crippen molar-refractivity contribution < 1.29 is 4.79 Å². The lowest BCUT2D eigenvalue weighted by molar-refractivity contribution is -0.120. The van der Waals surface area contributed by atoms with Gasteiger partial charge in [0, 0.05) is 36.4 Å². The molecule has 3 aromatic rings. The molecule has 2 aromatic carbocycles. The number of nitrogens with zero attached hydrogens (tertiary/aromatic N) is 3. The molecule has 5 nitrogen and oxygen atoms in total. The summed E-state index contributed by atoms with van der Waals surface area (Å²) in [4.78, 5) is 12.0. The number of benzene rings is 2. The predicted molar refractivity (Wildman–Crippen MR) is 105 cm³/mol. The van der Waals surface area contributed by atoms with Gasteiger partial charge >= 0.3 is 0 Å². The molecule has 0 unspecified atom stereocenters. The molecule has 0 spiro atoms. The van der Waals surface area contributed by atoms with Gasteiger partial charge in [-0.1, -0.05) is 71.9 Å². The number of hydrogen-bond donors (Lipinski definition) is 1. The summed E-state index contributed by atoms with van der Waals surface area (Å²) >= 11 is 7.61. The number of hydrogen-bond acceptors (Lipinski definition) is 4. The third-order valence-corrected chi connectivity index (χ3v) is 5.25. The van der Waals surface area contributed by atoms with Gasteiger partial charge in [0.15, 0.2) is 11.0 Å². The van der Waals surface area contributed by atoms with E-state index in [0.717, 1.165) is 22.1 Å². The number of thioether (sulfide) groups is 1. The second-order valence-electron chi connectivity index (χ2n) is 5.70. The molecule has 26 heavy (non-hydrogen) atoms. The van der Waals surface area contributed by atoms with Crippen molar-refractivity contribution in [2.75, 3.05) is 5.75 Å². The highest BCUT2D eigenvalue weighted by atomic mass is 35.5. The zero-order chi connectivity index (χ0) is 18.4. The van der Waals surface area contributed by atoms with E-state index >= 15 is 0 Å². The van der Waals surface area contributed by atoms with E-state index in [2.05, 4.69) is 15.5 Å². The molecule has 1 aromatic heterocycles. The van der Waals surface area contributed by atoms with Crippen molar-refractivity contribution in [2.24, 2.45) is 7.05 Å². The van der Waals surface area contributed by atoms with Gasteiger partial charge in [0.25, 0.3) is 0 Å². The molecule has 0 bridgehead atoms. The number of carbonyl (C=O) groups is 1. The van der Waals surface area contributed by atoms with Crippen molar-refractivity contribution >= 4 is 29.3 Å². The van der Waals surface area contributed by atoms with Crippen LogP contribution in [0.15, 0.2) is 59.8 Å². The lowest BCUT2D eigenvalue weighted by Crippen LogP contribution is -2.23. The maximum absolute atomic E-state index is 12.0. The van der Waals surface area contributed by atoms with E-state index in [1.54, 1.807) is 0 Å². The Morgan fingerprint density at radius 2 is 1.85 bits per heavy atom. The smallest absolute Gasteiger partial charge is 0.221 e. The highest BCUT2D eigenvalue weighted by molar-refractivity contribution is 7.99. The number of nitrogens with one attached hydrogen (secondary N) is 1. The Labute approximate surface area is 161 Å². The van der Waals surface area contributed by atoms with Gasteiger partial charge in [-0.15, -0.1) is 10.2 Å². The molecule has 0 fully saturated rings. The molecule has 1 heterocycles. The van der Waals surface area contributed by atoms with Gasteiger partial charge in [-0.25, -0.2) is 0 Å². The fourth-order valence-electron chi connectivity index (χ4n) is 2.44. The van der Waals surface area contributed by atoms with Crippen LogP contribution in [-0.4, -0.2) is 26.4 Å². The van der Waals surface area contributed by atoms with Crippen LogP contribution in [0.25, 0.3) is 11.4 Å². The quantitative estimate of drug-likeness (QED) is 0.625. The molecular formula is C19H19ClN4OS. The molecule has 0 atom stereocenters. The van der Waals surface area contributed by atoms with Gasteiger partial charge < -0.3 is 9.88 Å². The minimum atomic E-state index is -0.0112. The number of carbonyl (C=O) groups excluding carboxylic acids is 1. The van der Waals surface area contributed by atoms with Gasteiger partial charge in [0.2, 0.25) is 5.91 Å². The summed E-state index contributed by atoms with van der Waals surface area (Å²) in [6.07, 6.45) is 0.405. The first kappa shape index (κ1) is 18.5. The Bertz CT molecular complexity index is 882. The van der Waals surface area contributed by atoms with Crippen molar-refractivity contribution in [3.05, 3.63) is 65.2 Å². The Kier molecular flexibility index (Phi) is 6.30. The van der Waals surface area contributed by atoms with Crippen LogP contribution in [0.5, 0.6) is 0 Å². The third kappa shape index (κ3) is 4.65. The Hall–Kier alpha value is -2.31. The number of halogens is 1. The number of rotatable bonds is 7. The minimum absolute atomic E-state index is 0.0112. The molecule has 1 N–H and O–H groups in total. The standard InChI is InChI=1S/C19H19ClN4OS/c1-24-18(14-7-3-2-4-8-14)22-23-19(24)26-12-11-17(25)21-13-15-9-5-6-10-16(15)20/h2-10H,11-13H2,1H3,(H,21,25). The zero-order valence-electron chi connectivity index (χ0n) is 14.4. The van der Waals surface area contributed by atoms with Gasteiger partial charge in [-0.2, -0.15) is 0 Å². The van der Waals surface area contributed by atoms with Gasteiger partial charge in [-0.05, 0) is 11.6 Å². The lowest BCUT2D eigenvalue weighted by Gasteiger charge is -2.07. The topological polar surface area (TPSA) is 59.8 Å². The second-order valence-corrected chi connectivity index (χ2v) is 7.17. The summed E-state index contributed by atoms with van der Waals surface area (Å²) in [5, 5.41) is 12.8. The van der Waals surface area contributed by atoms with Crippen LogP contribution in [0.2, 0.25) is 5.02 Å². The molecule has 7 heteroatoms. The fourth-order valence-corrected chi connectivity index (χ4v) is 3.49. The predicted octanol–water partition coefficient (Wildman–Crippen LogP) is 3.93. The molecule has 0 saturated heterocycles. The van der Waals surface area contributed by atoms with E-state index in [9.17, 15) is 4.79 Å². The average Bonchev–Trinajstić information content (AvgIpc) is 3.02. The van der Waals surface area contributed by atoms with E-state index in [0.29, 0.717) is 23.7 Å². The molecule has 0 aliphatic heterocycles. The van der Waals surface area contributed by atoms with Crippen LogP contribution in [0, 0.1) is 0 Å². The Morgan fingerprint density at radius 3 is 2.62 bits per heavy atom. The van der Waals surface area contributed by atoms with Crippen LogP contribution < -0.4 is 5.32 Å². The zero-order valence-corrected chi connectivity index (χ0v) is 15.9. The van der Waals surface area contributed by atoms with Crippen LogP contribution in [-0.2, 0) is 18.4 Å². The summed E-state index contributed by atoms with van der Waals surface area (Å²) in [5.74, 6) is 1.44. The maximum atomic E-state index is 12.0. The summed E-state index contributed by atoms with van der Waals surface area (Å²) < 4.78 is 1.95. The molecular weight excluding hydrogens is 368 g/mol. The van der Waals surface area contributed by atoms with Crippen LogP contribution in [0.1, 0.15) is 12.0 Å².